The van der Waals surface area contributed by atoms with E-state index < -0.39 is 36.6 Å². The molecule has 0 saturated heterocycles. The van der Waals surface area contributed by atoms with Gasteiger partial charge in [0.2, 0.25) is 0 Å². The fourth-order valence-electron chi connectivity index (χ4n) is 4.98. The number of hydrogen-bond acceptors (Lipinski definition) is 6. The molecule has 6 nitrogen and oxygen atoms in total. The Bertz CT molecular complexity index is 347. The molecule has 6 N–H and O–H groups in total. The maximum Gasteiger partial charge on any atom is 0.0653 e. The zero-order chi connectivity index (χ0) is 16.0. The van der Waals surface area contributed by atoms with Crippen LogP contribution < -0.4 is 0 Å². The molecule has 128 valence electrons. The van der Waals surface area contributed by atoms with Gasteiger partial charge in [0.15, 0.2) is 0 Å². The van der Waals surface area contributed by atoms with Crippen LogP contribution in [-0.2, 0) is 0 Å². The molecule has 0 aromatic heterocycles. The first-order valence-electron chi connectivity index (χ1n) is 8.48. The number of rotatable bonds is 2. The summed E-state index contributed by atoms with van der Waals surface area (Å²) in [5, 5.41) is 60.4. The summed E-state index contributed by atoms with van der Waals surface area (Å²) in [6.07, 6.45) is -0.918. The van der Waals surface area contributed by atoms with Crippen LogP contribution in [0.1, 0.15) is 38.5 Å². The van der Waals surface area contributed by atoms with Gasteiger partial charge < -0.3 is 30.6 Å². The average Bonchev–Trinajstić information content (AvgIpc) is 2.45. The minimum Gasteiger partial charge on any atom is -0.393 e. The van der Waals surface area contributed by atoms with Crippen molar-refractivity contribution in [1.29, 1.82) is 0 Å². The minimum atomic E-state index is -0.736. The number of hydrogen-bond donors (Lipinski definition) is 6. The molecule has 0 aliphatic heterocycles. The minimum absolute atomic E-state index is 0.198. The Balaban J connectivity index is 1.64. The highest BCUT2D eigenvalue weighted by Gasteiger charge is 2.58. The molecular formula is C16H28O6. The van der Waals surface area contributed by atoms with Crippen LogP contribution in [0.15, 0.2) is 0 Å². The largest absolute Gasteiger partial charge is 0.393 e. The van der Waals surface area contributed by atoms with Gasteiger partial charge in [0.1, 0.15) is 0 Å². The lowest BCUT2D eigenvalue weighted by Crippen LogP contribution is -2.64. The monoisotopic (exact) mass is 316 g/mol. The van der Waals surface area contributed by atoms with Crippen molar-refractivity contribution in [2.75, 3.05) is 0 Å². The first-order chi connectivity index (χ1) is 10.4. The quantitative estimate of drug-likeness (QED) is 0.389. The molecule has 6 atom stereocenters. The molecular weight excluding hydrogens is 288 g/mol. The van der Waals surface area contributed by atoms with Crippen molar-refractivity contribution in [3.05, 3.63) is 0 Å². The van der Waals surface area contributed by atoms with Crippen LogP contribution >= 0.6 is 0 Å². The van der Waals surface area contributed by atoms with E-state index in [4.69, 9.17) is 0 Å². The van der Waals surface area contributed by atoms with Crippen molar-refractivity contribution in [3.8, 4) is 0 Å². The van der Waals surface area contributed by atoms with Crippen LogP contribution in [0.4, 0.5) is 0 Å². The van der Waals surface area contributed by atoms with Crippen LogP contribution in [-0.4, -0.2) is 67.3 Å². The normalized spacial score (nSPS) is 56.5. The molecule has 3 aliphatic carbocycles. The van der Waals surface area contributed by atoms with Crippen molar-refractivity contribution in [2.24, 2.45) is 23.7 Å². The third-order valence-electron chi connectivity index (χ3n) is 6.25. The third-order valence-corrected chi connectivity index (χ3v) is 6.25. The molecule has 6 heteroatoms. The molecule has 6 unspecified atom stereocenters. The molecule has 3 rings (SSSR count). The second kappa shape index (κ2) is 6.34. The van der Waals surface area contributed by atoms with Crippen molar-refractivity contribution in [2.45, 2.75) is 75.1 Å². The van der Waals surface area contributed by atoms with Gasteiger partial charge in [-0.3, -0.25) is 0 Å². The molecule has 0 bridgehead atoms. The Kier molecular flexibility index (Phi) is 4.79. The van der Waals surface area contributed by atoms with E-state index in [1.165, 1.54) is 0 Å². The fourth-order valence-corrected chi connectivity index (χ4v) is 4.98. The van der Waals surface area contributed by atoms with E-state index >= 15 is 0 Å². The smallest absolute Gasteiger partial charge is 0.0653 e. The van der Waals surface area contributed by atoms with Gasteiger partial charge in [0, 0.05) is 11.8 Å². The highest BCUT2D eigenvalue weighted by molar-refractivity contribution is 5.07. The molecule has 0 amide bonds. The molecule has 0 radical (unpaired) electrons. The van der Waals surface area contributed by atoms with E-state index in [1.807, 2.05) is 0 Å². The first kappa shape index (κ1) is 16.6. The molecule has 3 aliphatic rings. The zero-order valence-electron chi connectivity index (χ0n) is 12.7. The predicted molar refractivity (Wildman–Crippen MR) is 77.7 cm³/mol. The van der Waals surface area contributed by atoms with E-state index in [-0.39, 0.29) is 23.7 Å². The molecule has 3 fully saturated rings. The number of aliphatic hydroxyl groups is 6. The Morgan fingerprint density at radius 2 is 0.864 bits per heavy atom. The highest BCUT2D eigenvalue weighted by Crippen LogP contribution is 2.50. The molecule has 3 saturated carbocycles. The van der Waals surface area contributed by atoms with Gasteiger partial charge in [-0.05, 0) is 50.4 Å². The van der Waals surface area contributed by atoms with Crippen molar-refractivity contribution < 1.29 is 30.6 Å². The second-order valence-electron chi connectivity index (χ2n) is 7.53. The molecule has 0 spiro atoms. The van der Waals surface area contributed by atoms with E-state index in [2.05, 4.69) is 0 Å². The molecule has 0 aromatic rings. The number of aliphatic hydroxyl groups excluding tert-OH is 6. The predicted octanol–water partition coefficient (Wildman–Crippen LogP) is -1.00. The molecule has 22 heavy (non-hydrogen) atoms. The highest BCUT2D eigenvalue weighted by atomic mass is 16.3. The topological polar surface area (TPSA) is 121 Å². The fraction of sp³-hybridized carbons (Fsp3) is 1.00. The average molecular weight is 316 g/mol. The van der Waals surface area contributed by atoms with Gasteiger partial charge in [-0.25, -0.2) is 0 Å². The van der Waals surface area contributed by atoms with E-state index in [0.29, 0.717) is 38.5 Å². The van der Waals surface area contributed by atoms with Crippen molar-refractivity contribution in [3.63, 3.8) is 0 Å². The summed E-state index contributed by atoms with van der Waals surface area (Å²) in [5.74, 6) is -1.16. The maximum absolute atomic E-state index is 10.5. The Labute approximate surface area is 130 Å². The van der Waals surface area contributed by atoms with Gasteiger partial charge >= 0.3 is 0 Å². The second-order valence-corrected chi connectivity index (χ2v) is 7.53. The van der Waals surface area contributed by atoms with Crippen LogP contribution in [0, 0.1) is 23.7 Å². The summed E-state index contributed by atoms with van der Waals surface area (Å²) in [6, 6.07) is 0. The Hall–Kier alpha value is -0.240. The lowest BCUT2D eigenvalue weighted by molar-refractivity contribution is -0.226. The van der Waals surface area contributed by atoms with E-state index in [0.717, 1.165) is 0 Å². The van der Waals surface area contributed by atoms with Gasteiger partial charge in [-0.2, -0.15) is 0 Å². The summed E-state index contributed by atoms with van der Waals surface area (Å²) >= 11 is 0. The van der Waals surface area contributed by atoms with E-state index in [1.54, 1.807) is 0 Å². The first-order valence-corrected chi connectivity index (χ1v) is 8.48. The van der Waals surface area contributed by atoms with Crippen molar-refractivity contribution in [1.82, 2.24) is 0 Å². The lowest BCUT2D eigenvalue weighted by atomic mass is 9.54. The van der Waals surface area contributed by atoms with Crippen LogP contribution in [0.3, 0.4) is 0 Å². The van der Waals surface area contributed by atoms with Crippen LogP contribution in [0.25, 0.3) is 0 Å². The summed E-state index contributed by atoms with van der Waals surface area (Å²) < 4.78 is 0. The van der Waals surface area contributed by atoms with E-state index in [9.17, 15) is 30.6 Å². The van der Waals surface area contributed by atoms with Crippen LogP contribution in [0.2, 0.25) is 0 Å². The van der Waals surface area contributed by atoms with Gasteiger partial charge in [0.05, 0.1) is 36.6 Å². The molecule has 0 heterocycles. The zero-order valence-corrected chi connectivity index (χ0v) is 12.7. The summed E-state index contributed by atoms with van der Waals surface area (Å²) in [5.41, 5.74) is 0. The van der Waals surface area contributed by atoms with Gasteiger partial charge in [-0.15, -0.1) is 0 Å². The Morgan fingerprint density at radius 3 is 1.18 bits per heavy atom. The van der Waals surface area contributed by atoms with Gasteiger partial charge in [-0.1, -0.05) is 0 Å². The summed E-state index contributed by atoms with van der Waals surface area (Å²) in [4.78, 5) is 0. The van der Waals surface area contributed by atoms with Crippen LogP contribution in [0.5, 0.6) is 0 Å². The SMILES string of the molecule is OC1CCC(C2C(O)C(C3CCC(O)CC3O)C2O)C(O)C1. The van der Waals surface area contributed by atoms with Gasteiger partial charge in [0.25, 0.3) is 0 Å². The maximum atomic E-state index is 10.5. The summed E-state index contributed by atoms with van der Waals surface area (Å²) in [7, 11) is 0. The standard InChI is InChI=1S/C16H28O6/c17-7-1-3-9(11(19)5-7)13-15(21)14(16(13)22)10-4-2-8(18)6-12(10)20/h7-22H,1-6H2. The lowest BCUT2D eigenvalue weighted by Gasteiger charge is -2.56. The van der Waals surface area contributed by atoms with Crippen molar-refractivity contribution >= 4 is 0 Å². The molecule has 0 aromatic carbocycles. The Morgan fingerprint density at radius 1 is 0.500 bits per heavy atom. The third kappa shape index (κ3) is 2.81. The summed E-state index contributed by atoms with van der Waals surface area (Å²) in [6.45, 7) is 0.